The molecule has 2 heterocycles. The number of benzene rings is 2. The number of aliphatic hydroxyl groups is 3. The number of fused-ring (bicyclic) bond motifs is 1. The predicted octanol–water partition coefficient (Wildman–Crippen LogP) is 0.436. The van der Waals surface area contributed by atoms with Crippen molar-refractivity contribution in [2.75, 3.05) is 6.61 Å². The Bertz CT molecular complexity index is 1180. The van der Waals surface area contributed by atoms with E-state index in [-0.39, 0.29) is 40.2 Å². The molecule has 10 heteroatoms. The molecule has 1 saturated heterocycles. The number of hydrogen-bond donors (Lipinski definition) is 7. The summed E-state index contributed by atoms with van der Waals surface area (Å²) in [5, 5.41) is 69.5. The van der Waals surface area contributed by atoms with Gasteiger partial charge < -0.3 is 44.9 Å². The number of aromatic hydroxyl groups is 4. The first-order chi connectivity index (χ1) is 14.2. The minimum Gasteiger partial charge on any atom is -0.507 e. The van der Waals surface area contributed by atoms with Crippen LogP contribution in [0.3, 0.4) is 0 Å². The maximum Gasteiger partial charge on any atom is 0.197 e. The largest absolute Gasteiger partial charge is 0.507 e. The molecule has 1 aliphatic rings. The molecule has 4 atom stereocenters. The first kappa shape index (κ1) is 20.0. The second kappa shape index (κ2) is 7.18. The number of rotatable bonds is 2. The molecular weight excluding hydrogens is 400 g/mol. The molecule has 10 nitrogen and oxygen atoms in total. The van der Waals surface area contributed by atoms with Crippen molar-refractivity contribution in [3.8, 4) is 34.3 Å². The lowest BCUT2D eigenvalue weighted by Gasteiger charge is -2.35. The molecule has 1 aliphatic heterocycles. The maximum atomic E-state index is 12.7. The number of ether oxygens (including phenoxy) is 1. The van der Waals surface area contributed by atoms with E-state index in [1.54, 1.807) is 0 Å². The standard InChI is InChI=1S/C20H18O10/c21-8-2-1-7(3-9(8)22)14-5-12(25)15-10(23)4-11(24)16(19(15)30-14)20-18(28)17(27)13(26)6-29-20/h1-5,13,17-18,20-24,26-28H,6H2/t13-,17-,18?,20-/m0/s1. The Morgan fingerprint density at radius 3 is 2.27 bits per heavy atom. The summed E-state index contributed by atoms with van der Waals surface area (Å²) in [4.78, 5) is 12.7. The number of hydrogen-bond acceptors (Lipinski definition) is 10. The van der Waals surface area contributed by atoms with E-state index in [1.807, 2.05) is 0 Å². The highest BCUT2D eigenvalue weighted by Crippen LogP contribution is 2.43. The molecule has 4 rings (SSSR count). The molecular formula is C20H18O10. The lowest BCUT2D eigenvalue weighted by atomic mass is 9.92. The van der Waals surface area contributed by atoms with Crippen LogP contribution in [0.1, 0.15) is 11.7 Å². The van der Waals surface area contributed by atoms with E-state index in [1.165, 1.54) is 12.1 Å². The fourth-order valence-corrected chi connectivity index (χ4v) is 3.48. The zero-order chi connectivity index (χ0) is 21.7. The van der Waals surface area contributed by atoms with Gasteiger partial charge in [0, 0.05) is 17.7 Å². The van der Waals surface area contributed by atoms with Crippen LogP contribution < -0.4 is 5.43 Å². The maximum absolute atomic E-state index is 12.7. The van der Waals surface area contributed by atoms with Gasteiger partial charge in [-0.05, 0) is 18.2 Å². The summed E-state index contributed by atoms with van der Waals surface area (Å²) in [5.41, 5.74) is -1.000. The molecule has 1 fully saturated rings. The Hall–Kier alpha value is -3.31. The smallest absolute Gasteiger partial charge is 0.197 e. The van der Waals surface area contributed by atoms with Crippen molar-refractivity contribution < 1.29 is 44.9 Å². The predicted molar refractivity (Wildman–Crippen MR) is 101 cm³/mol. The Morgan fingerprint density at radius 2 is 1.57 bits per heavy atom. The fourth-order valence-electron chi connectivity index (χ4n) is 3.48. The van der Waals surface area contributed by atoms with Crippen LogP contribution in [-0.2, 0) is 4.74 Å². The van der Waals surface area contributed by atoms with Crippen LogP contribution in [0.4, 0.5) is 0 Å². The lowest BCUT2D eigenvalue weighted by Crippen LogP contribution is -2.49. The molecule has 30 heavy (non-hydrogen) atoms. The summed E-state index contributed by atoms with van der Waals surface area (Å²) >= 11 is 0. The first-order valence-electron chi connectivity index (χ1n) is 8.90. The van der Waals surface area contributed by atoms with Crippen molar-refractivity contribution in [2.24, 2.45) is 0 Å². The Kier molecular flexibility index (Phi) is 4.79. The van der Waals surface area contributed by atoms with Gasteiger partial charge in [-0.1, -0.05) is 0 Å². The number of aliphatic hydroxyl groups excluding tert-OH is 3. The van der Waals surface area contributed by atoms with Crippen molar-refractivity contribution in [1.29, 1.82) is 0 Å². The quantitative estimate of drug-likeness (QED) is 0.288. The van der Waals surface area contributed by atoms with Gasteiger partial charge in [0.25, 0.3) is 0 Å². The van der Waals surface area contributed by atoms with Crippen LogP contribution in [0.25, 0.3) is 22.3 Å². The van der Waals surface area contributed by atoms with Crippen LogP contribution in [0, 0.1) is 0 Å². The van der Waals surface area contributed by atoms with Gasteiger partial charge in [0.1, 0.15) is 47.1 Å². The minimum absolute atomic E-state index is 0.0695. The van der Waals surface area contributed by atoms with Crippen molar-refractivity contribution in [3.63, 3.8) is 0 Å². The van der Waals surface area contributed by atoms with E-state index in [0.29, 0.717) is 0 Å². The van der Waals surface area contributed by atoms with E-state index in [2.05, 4.69) is 0 Å². The summed E-state index contributed by atoms with van der Waals surface area (Å²) in [6, 6.07) is 5.63. The lowest BCUT2D eigenvalue weighted by molar-refractivity contribution is -0.189. The van der Waals surface area contributed by atoms with E-state index in [0.717, 1.165) is 18.2 Å². The molecule has 0 bridgehead atoms. The van der Waals surface area contributed by atoms with Crippen LogP contribution in [0.5, 0.6) is 23.0 Å². The average Bonchev–Trinajstić information content (AvgIpc) is 2.69. The summed E-state index contributed by atoms with van der Waals surface area (Å²) < 4.78 is 11.1. The van der Waals surface area contributed by atoms with Crippen molar-refractivity contribution in [3.05, 3.63) is 46.1 Å². The Balaban J connectivity index is 1.97. The highest BCUT2D eigenvalue weighted by molar-refractivity contribution is 5.89. The Labute approximate surface area is 168 Å². The molecule has 0 saturated carbocycles. The van der Waals surface area contributed by atoms with Crippen molar-refractivity contribution in [2.45, 2.75) is 24.4 Å². The topological polar surface area (TPSA) is 181 Å². The molecule has 0 amide bonds. The van der Waals surface area contributed by atoms with E-state index >= 15 is 0 Å². The number of phenolic OH excluding ortho intramolecular Hbond substituents is 4. The van der Waals surface area contributed by atoms with Gasteiger partial charge in [0.2, 0.25) is 0 Å². The third-order valence-electron chi connectivity index (χ3n) is 5.04. The van der Waals surface area contributed by atoms with Crippen molar-refractivity contribution >= 4 is 11.0 Å². The average molecular weight is 418 g/mol. The molecule has 0 spiro atoms. The molecule has 158 valence electrons. The van der Waals surface area contributed by atoms with Gasteiger partial charge in [0.05, 0.1) is 12.2 Å². The van der Waals surface area contributed by atoms with Gasteiger partial charge in [-0.2, -0.15) is 0 Å². The van der Waals surface area contributed by atoms with E-state index in [9.17, 15) is 40.5 Å². The molecule has 1 unspecified atom stereocenters. The molecule has 2 aromatic carbocycles. The highest BCUT2D eigenvalue weighted by Gasteiger charge is 2.41. The first-order valence-corrected chi connectivity index (χ1v) is 8.90. The monoisotopic (exact) mass is 418 g/mol. The fraction of sp³-hybridized carbons (Fsp3) is 0.250. The zero-order valence-corrected chi connectivity index (χ0v) is 15.3. The van der Waals surface area contributed by atoms with Gasteiger partial charge in [0.15, 0.2) is 22.5 Å². The Morgan fingerprint density at radius 1 is 0.833 bits per heavy atom. The van der Waals surface area contributed by atoms with E-state index in [4.69, 9.17) is 9.15 Å². The zero-order valence-electron chi connectivity index (χ0n) is 15.3. The van der Waals surface area contributed by atoms with Crippen LogP contribution in [0.15, 0.2) is 39.5 Å². The van der Waals surface area contributed by atoms with Gasteiger partial charge in [-0.15, -0.1) is 0 Å². The van der Waals surface area contributed by atoms with Crippen molar-refractivity contribution in [1.82, 2.24) is 0 Å². The number of phenols is 4. The van der Waals surface area contributed by atoms with Gasteiger partial charge in [-0.25, -0.2) is 0 Å². The molecule has 1 aromatic heterocycles. The third kappa shape index (κ3) is 3.12. The van der Waals surface area contributed by atoms with Gasteiger partial charge in [-0.3, -0.25) is 4.79 Å². The second-order valence-corrected chi connectivity index (χ2v) is 7.01. The van der Waals surface area contributed by atoms with Crippen LogP contribution in [-0.4, -0.2) is 60.7 Å². The van der Waals surface area contributed by atoms with E-state index < -0.39 is 47.1 Å². The summed E-state index contributed by atoms with van der Waals surface area (Å²) in [6.07, 6.45) is -5.99. The summed E-state index contributed by atoms with van der Waals surface area (Å²) in [6.45, 7) is -0.361. The van der Waals surface area contributed by atoms with Crippen LogP contribution in [0.2, 0.25) is 0 Å². The highest BCUT2D eigenvalue weighted by atomic mass is 16.5. The molecule has 7 N–H and O–H groups in total. The summed E-state index contributed by atoms with van der Waals surface area (Å²) in [7, 11) is 0. The third-order valence-corrected chi connectivity index (χ3v) is 5.04. The summed E-state index contributed by atoms with van der Waals surface area (Å²) in [5.74, 6) is -2.06. The normalized spacial score (nSPS) is 24.2. The molecule has 0 radical (unpaired) electrons. The SMILES string of the molecule is O=c1cc(-c2ccc(O)c(O)c2)oc2c([C@@H]3OC[C@H](O)[C@H](O)C3O)c(O)cc(O)c12. The molecule has 3 aromatic rings. The molecule has 0 aliphatic carbocycles. The van der Waals surface area contributed by atoms with Crippen LogP contribution >= 0.6 is 0 Å². The van der Waals surface area contributed by atoms with Gasteiger partial charge >= 0.3 is 0 Å². The minimum atomic E-state index is -1.67. The second-order valence-electron chi connectivity index (χ2n) is 7.01.